The van der Waals surface area contributed by atoms with E-state index < -0.39 is 0 Å². The summed E-state index contributed by atoms with van der Waals surface area (Å²) < 4.78 is 0. The summed E-state index contributed by atoms with van der Waals surface area (Å²) in [6, 6.07) is 4.28. The van der Waals surface area contributed by atoms with E-state index >= 15 is 0 Å². The summed E-state index contributed by atoms with van der Waals surface area (Å²) in [5.41, 5.74) is 10.1. The number of hydrogen-bond donors (Lipinski definition) is 1. The molecule has 0 unspecified atom stereocenters. The number of halogens is 1. The minimum atomic E-state index is 0. The Morgan fingerprint density at radius 2 is 1.84 bits per heavy atom. The number of hydrogen-bond acceptors (Lipinski definition) is 2. The third-order valence-corrected chi connectivity index (χ3v) is 3.64. The van der Waals surface area contributed by atoms with E-state index in [1.54, 1.807) is 0 Å². The van der Waals surface area contributed by atoms with Crippen LogP contribution >= 0.6 is 12.4 Å². The number of piperidine rings is 1. The highest BCUT2D eigenvalue weighted by molar-refractivity contribution is 5.97. The molecule has 0 aromatic heterocycles. The highest BCUT2D eigenvalue weighted by Gasteiger charge is 2.24. The van der Waals surface area contributed by atoms with Gasteiger partial charge >= 0.3 is 0 Å². The zero-order chi connectivity index (χ0) is 13.3. The number of rotatable bonds is 1. The summed E-state index contributed by atoms with van der Waals surface area (Å²) in [4.78, 5) is 14.5. The van der Waals surface area contributed by atoms with Crippen LogP contribution in [0.15, 0.2) is 12.1 Å². The molecule has 0 spiro atoms. The van der Waals surface area contributed by atoms with Gasteiger partial charge in [-0.05, 0) is 44.7 Å². The van der Waals surface area contributed by atoms with E-state index in [9.17, 15) is 4.79 Å². The molecule has 1 heterocycles. The normalized spacial score (nSPS) is 18.9. The molecule has 0 bridgehead atoms. The van der Waals surface area contributed by atoms with Gasteiger partial charge in [0, 0.05) is 24.7 Å². The number of nitrogens with zero attached hydrogens (tertiary/aromatic N) is 1. The molecule has 1 aliphatic heterocycles. The van der Waals surface area contributed by atoms with Crippen LogP contribution in [0.2, 0.25) is 0 Å². The Bertz CT molecular complexity index is 450. The minimum Gasteiger partial charge on any atom is -0.337 e. The fourth-order valence-corrected chi connectivity index (χ4v) is 2.87. The van der Waals surface area contributed by atoms with Gasteiger partial charge in [-0.3, -0.25) is 4.79 Å². The second-order valence-electron chi connectivity index (χ2n) is 5.43. The van der Waals surface area contributed by atoms with Gasteiger partial charge in [0.1, 0.15) is 0 Å². The Balaban J connectivity index is 0.00000180. The molecule has 0 saturated carbocycles. The second kappa shape index (κ2) is 6.40. The largest absolute Gasteiger partial charge is 0.337 e. The number of likely N-dealkylation sites (tertiary alicyclic amines) is 1. The molecule has 0 radical (unpaired) electrons. The molecule has 1 amide bonds. The lowest BCUT2D eigenvalue weighted by Gasteiger charge is -2.31. The second-order valence-corrected chi connectivity index (χ2v) is 5.43. The van der Waals surface area contributed by atoms with Crippen LogP contribution in [0.4, 0.5) is 0 Å². The van der Waals surface area contributed by atoms with Crippen LogP contribution < -0.4 is 5.73 Å². The van der Waals surface area contributed by atoms with Crippen molar-refractivity contribution in [3.8, 4) is 0 Å². The first-order valence-corrected chi connectivity index (χ1v) is 6.61. The summed E-state index contributed by atoms with van der Waals surface area (Å²) in [7, 11) is 0. The molecule has 106 valence electrons. The number of amides is 1. The van der Waals surface area contributed by atoms with Gasteiger partial charge in [-0.2, -0.15) is 0 Å². The Morgan fingerprint density at radius 1 is 1.26 bits per heavy atom. The van der Waals surface area contributed by atoms with E-state index in [1.165, 1.54) is 5.56 Å². The monoisotopic (exact) mass is 282 g/mol. The van der Waals surface area contributed by atoms with Crippen molar-refractivity contribution in [2.75, 3.05) is 13.1 Å². The smallest absolute Gasteiger partial charge is 0.254 e. The molecule has 1 aliphatic rings. The number of nitrogens with two attached hydrogens (primary N) is 1. The lowest BCUT2D eigenvalue weighted by Crippen LogP contribution is -2.46. The maximum absolute atomic E-state index is 12.6. The van der Waals surface area contributed by atoms with Crippen molar-refractivity contribution < 1.29 is 4.79 Å². The van der Waals surface area contributed by atoms with Crippen molar-refractivity contribution in [1.29, 1.82) is 0 Å². The zero-order valence-corrected chi connectivity index (χ0v) is 12.7. The Kier molecular flexibility index (Phi) is 5.39. The zero-order valence-electron chi connectivity index (χ0n) is 11.9. The van der Waals surface area contributed by atoms with Crippen molar-refractivity contribution in [3.05, 3.63) is 34.4 Å². The number of aryl methyl sites for hydroxylation is 3. The van der Waals surface area contributed by atoms with Crippen LogP contribution in [-0.2, 0) is 0 Å². The third-order valence-electron chi connectivity index (χ3n) is 3.64. The standard InChI is InChI=1S/C15H22N2O.ClH/c1-10-7-11(2)14(12(3)8-10)15(18)17-6-4-5-13(16)9-17;/h7-8,13H,4-6,9,16H2,1-3H3;1H/t13-;/m1./s1. The predicted octanol–water partition coefficient (Wildman–Crippen LogP) is 2.60. The van der Waals surface area contributed by atoms with Gasteiger partial charge in [0.2, 0.25) is 0 Å². The highest BCUT2D eigenvalue weighted by Crippen LogP contribution is 2.20. The van der Waals surface area contributed by atoms with Gasteiger partial charge < -0.3 is 10.6 Å². The van der Waals surface area contributed by atoms with E-state index in [0.717, 1.165) is 36.1 Å². The molecule has 1 saturated heterocycles. The fraction of sp³-hybridized carbons (Fsp3) is 0.533. The van der Waals surface area contributed by atoms with E-state index in [1.807, 2.05) is 18.7 Å². The highest BCUT2D eigenvalue weighted by atomic mass is 35.5. The van der Waals surface area contributed by atoms with E-state index in [2.05, 4.69) is 19.1 Å². The molecule has 1 aromatic rings. The van der Waals surface area contributed by atoms with Gasteiger partial charge in [0.15, 0.2) is 0 Å². The Labute approximate surface area is 121 Å². The summed E-state index contributed by atoms with van der Waals surface area (Å²) in [5.74, 6) is 0.139. The van der Waals surface area contributed by atoms with Gasteiger partial charge in [-0.15, -0.1) is 12.4 Å². The molecule has 3 nitrogen and oxygen atoms in total. The molecule has 1 aromatic carbocycles. The summed E-state index contributed by atoms with van der Waals surface area (Å²) >= 11 is 0. The molecule has 0 aliphatic carbocycles. The average molecular weight is 283 g/mol. The summed E-state index contributed by atoms with van der Waals surface area (Å²) in [6.07, 6.45) is 2.03. The maximum Gasteiger partial charge on any atom is 0.254 e. The average Bonchev–Trinajstić information content (AvgIpc) is 2.27. The first kappa shape index (κ1) is 16.0. The lowest BCUT2D eigenvalue weighted by molar-refractivity contribution is 0.0707. The van der Waals surface area contributed by atoms with Gasteiger partial charge in [-0.25, -0.2) is 0 Å². The Morgan fingerprint density at radius 3 is 2.37 bits per heavy atom. The van der Waals surface area contributed by atoms with Crippen LogP contribution in [0, 0.1) is 20.8 Å². The first-order valence-electron chi connectivity index (χ1n) is 6.61. The molecule has 2 rings (SSSR count). The first-order chi connectivity index (χ1) is 8.49. The van der Waals surface area contributed by atoms with Crippen LogP contribution in [-0.4, -0.2) is 29.9 Å². The quantitative estimate of drug-likeness (QED) is 0.861. The van der Waals surface area contributed by atoms with Crippen molar-refractivity contribution >= 4 is 18.3 Å². The molecule has 4 heteroatoms. The molecule has 19 heavy (non-hydrogen) atoms. The Hall–Kier alpha value is -1.06. The van der Waals surface area contributed by atoms with Gasteiger partial charge in [0.05, 0.1) is 0 Å². The van der Waals surface area contributed by atoms with E-state index in [4.69, 9.17) is 5.73 Å². The van der Waals surface area contributed by atoms with Gasteiger partial charge in [0.25, 0.3) is 5.91 Å². The number of benzene rings is 1. The molecular weight excluding hydrogens is 260 g/mol. The topological polar surface area (TPSA) is 46.3 Å². The van der Waals surface area contributed by atoms with Crippen molar-refractivity contribution in [2.24, 2.45) is 5.73 Å². The van der Waals surface area contributed by atoms with Crippen molar-refractivity contribution in [1.82, 2.24) is 4.90 Å². The SMILES string of the molecule is Cc1cc(C)c(C(=O)N2CCC[C@@H](N)C2)c(C)c1.Cl. The summed E-state index contributed by atoms with van der Waals surface area (Å²) in [6.45, 7) is 7.60. The van der Waals surface area contributed by atoms with Crippen molar-refractivity contribution in [2.45, 2.75) is 39.7 Å². The minimum absolute atomic E-state index is 0. The van der Waals surface area contributed by atoms with E-state index in [0.29, 0.717) is 6.54 Å². The van der Waals surface area contributed by atoms with Crippen LogP contribution in [0.3, 0.4) is 0 Å². The third kappa shape index (κ3) is 3.48. The molecule has 1 fully saturated rings. The molecule has 1 atom stereocenters. The number of carbonyl (C=O) groups excluding carboxylic acids is 1. The number of carbonyl (C=O) groups is 1. The maximum atomic E-state index is 12.6. The predicted molar refractivity (Wildman–Crippen MR) is 81.0 cm³/mol. The van der Waals surface area contributed by atoms with Crippen LogP contribution in [0.25, 0.3) is 0 Å². The van der Waals surface area contributed by atoms with E-state index in [-0.39, 0.29) is 24.4 Å². The molecule has 2 N–H and O–H groups in total. The van der Waals surface area contributed by atoms with Gasteiger partial charge in [-0.1, -0.05) is 17.7 Å². The molecular formula is C15H23ClN2O. The van der Waals surface area contributed by atoms with Crippen LogP contribution in [0.1, 0.15) is 39.9 Å². The fourth-order valence-electron chi connectivity index (χ4n) is 2.87. The van der Waals surface area contributed by atoms with Crippen LogP contribution in [0.5, 0.6) is 0 Å². The summed E-state index contributed by atoms with van der Waals surface area (Å²) in [5, 5.41) is 0. The van der Waals surface area contributed by atoms with Crippen molar-refractivity contribution in [3.63, 3.8) is 0 Å². The lowest BCUT2D eigenvalue weighted by atomic mass is 9.97.